The van der Waals surface area contributed by atoms with Crippen molar-refractivity contribution in [3.63, 3.8) is 0 Å². The normalized spacial score (nSPS) is 11.4. The van der Waals surface area contributed by atoms with E-state index in [1.54, 1.807) is 22.7 Å². The molecule has 0 bridgehead atoms. The lowest BCUT2D eigenvalue weighted by atomic mass is 10.1. The van der Waals surface area contributed by atoms with Crippen molar-refractivity contribution in [2.75, 3.05) is 25.7 Å². The van der Waals surface area contributed by atoms with E-state index >= 15 is 0 Å². The number of carbonyl (C=O) groups is 1. The van der Waals surface area contributed by atoms with Crippen LogP contribution in [0.5, 0.6) is 0 Å². The van der Waals surface area contributed by atoms with Gasteiger partial charge in [0.25, 0.3) is 5.91 Å². The first-order valence-electron chi connectivity index (χ1n) is 6.56. The summed E-state index contributed by atoms with van der Waals surface area (Å²) in [6.45, 7) is 2.10. The van der Waals surface area contributed by atoms with E-state index in [0.717, 1.165) is 11.3 Å². The van der Waals surface area contributed by atoms with Gasteiger partial charge < -0.3 is 10.0 Å². The number of benzene rings is 1. The number of nitrogens with zero attached hydrogens (tertiary/aromatic N) is 1. The van der Waals surface area contributed by atoms with Gasteiger partial charge in [0.2, 0.25) is 0 Å². The van der Waals surface area contributed by atoms with Gasteiger partial charge >= 0.3 is 0 Å². The maximum Gasteiger partial charge on any atom is 0.253 e. The smallest absolute Gasteiger partial charge is 0.253 e. The number of hydrogen-bond donors (Lipinski definition) is 1. The summed E-state index contributed by atoms with van der Waals surface area (Å²) in [7, 11) is 1.83. The number of rotatable bonds is 5. The van der Waals surface area contributed by atoms with Crippen molar-refractivity contribution < 1.29 is 9.90 Å². The Morgan fingerprint density at radius 1 is 1.50 bits per heavy atom. The number of amides is 1. The van der Waals surface area contributed by atoms with Crippen LogP contribution in [0.2, 0.25) is 0 Å². The Kier molecular flexibility index (Phi) is 7.21. The summed E-state index contributed by atoms with van der Waals surface area (Å²) >= 11 is 1.73. The summed E-state index contributed by atoms with van der Waals surface area (Å²) in [6, 6.07) is 7.51. The van der Waals surface area contributed by atoms with E-state index < -0.39 is 0 Å². The molecule has 0 aliphatic rings. The predicted molar refractivity (Wildman–Crippen MR) is 85.0 cm³/mol. The lowest BCUT2D eigenvalue weighted by molar-refractivity contribution is 0.0757. The van der Waals surface area contributed by atoms with Gasteiger partial charge in [0, 0.05) is 36.4 Å². The third-order valence-electron chi connectivity index (χ3n) is 2.97. The molecule has 1 amide bonds. The third-order valence-corrected chi connectivity index (χ3v) is 3.78. The van der Waals surface area contributed by atoms with Crippen LogP contribution in [0.1, 0.15) is 29.3 Å². The van der Waals surface area contributed by atoms with E-state index in [2.05, 4.69) is 11.8 Å². The summed E-state index contributed by atoms with van der Waals surface area (Å²) in [5.41, 5.74) is 1.45. The molecule has 1 atom stereocenters. The summed E-state index contributed by atoms with van der Waals surface area (Å²) in [5.74, 6) is 6.74. The second-order valence-corrected chi connectivity index (χ2v) is 5.49. The Morgan fingerprint density at radius 2 is 2.25 bits per heavy atom. The SMILES string of the molecule is CSCC(C)N(C)C(=O)c1cccc(C#CCCO)c1. The van der Waals surface area contributed by atoms with Gasteiger partial charge in [-0.25, -0.2) is 0 Å². The second-order valence-electron chi connectivity index (χ2n) is 4.58. The molecule has 0 aliphatic heterocycles. The Bertz CT molecular complexity index is 505. The van der Waals surface area contributed by atoms with Crippen molar-refractivity contribution in [1.29, 1.82) is 0 Å². The maximum absolute atomic E-state index is 12.4. The highest BCUT2D eigenvalue weighted by molar-refractivity contribution is 7.98. The highest BCUT2D eigenvalue weighted by Crippen LogP contribution is 2.11. The van der Waals surface area contributed by atoms with Crippen LogP contribution in [-0.2, 0) is 0 Å². The number of aliphatic hydroxyl groups is 1. The molecule has 0 heterocycles. The minimum absolute atomic E-state index is 0.0114. The van der Waals surface area contributed by atoms with E-state index in [-0.39, 0.29) is 18.6 Å². The average Bonchev–Trinajstić information content (AvgIpc) is 2.46. The molecule has 4 heteroatoms. The first-order chi connectivity index (χ1) is 9.60. The van der Waals surface area contributed by atoms with Gasteiger partial charge in [0.05, 0.1) is 6.61 Å². The van der Waals surface area contributed by atoms with Gasteiger partial charge in [-0.15, -0.1) is 0 Å². The zero-order valence-electron chi connectivity index (χ0n) is 12.2. The zero-order chi connectivity index (χ0) is 15.0. The van der Waals surface area contributed by atoms with Crippen LogP contribution >= 0.6 is 11.8 Å². The molecule has 3 nitrogen and oxygen atoms in total. The van der Waals surface area contributed by atoms with Gasteiger partial charge in [0.1, 0.15) is 0 Å². The van der Waals surface area contributed by atoms with E-state index in [1.807, 2.05) is 38.4 Å². The molecule has 1 aromatic carbocycles. The lowest BCUT2D eigenvalue weighted by Crippen LogP contribution is -2.36. The molecule has 1 unspecified atom stereocenters. The molecule has 0 spiro atoms. The van der Waals surface area contributed by atoms with E-state index in [1.165, 1.54) is 0 Å². The monoisotopic (exact) mass is 291 g/mol. The molecular formula is C16H21NO2S. The second kappa shape index (κ2) is 8.68. The first kappa shape index (κ1) is 16.6. The molecule has 0 fully saturated rings. The molecule has 1 N–H and O–H groups in total. The van der Waals surface area contributed by atoms with Crippen molar-refractivity contribution in [3.05, 3.63) is 35.4 Å². The summed E-state index contributed by atoms with van der Waals surface area (Å²) < 4.78 is 0. The summed E-state index contributed by atoms with van der Waals surface area (Å²) in [4.78, 5) is 14.1. The van der Waals surface area contributed by atoms with Gasteiger partial charge in [-0.3, -0.25) is 4.79 Å². The van der Waals surface area contributed by atoms with Crippen molar-refractivity contribution in [1.82, 2.24) is 4.90 Å². The Labute approximate surface area is 125 Å². The highest BCUT2D eigenvalue weighted by atomic mass is 32.2. The Balaban J connectivity index is 2.84. The van der Waals surface area contributed by atoms with Crippen molar-refractivity contribution >= 4 is 17.7 Å². The molecular weight excluding hydrogens is 270 g/mol. The van der Waals surface area contributed by atoms with Gasteiger partial charge in [0.15, 0.2) is 0 Å². The largest absolute Gasteiger partial charge is 0.395 e. The fourth-order valence-corrected chi connectivity index (χ4v) is 2.41. The van der Waals surface area contributed by atoms with Crippen LogP contribution < -0.4 is 0 Å². The van der Waals surface area contributed by atoms with E-state index in [0.29, 0.717) is 12.0 Å². The predicted octanol–water partition coefficient (Wildman–Crippen LogP) is 2.24. The van der Waals surface area contributed by atoms with Crippen LogP contribution in [0, 0.1) is 11.8 Å². The summed E-state index contributed by atoms with van der Waals surface area (Å²) in [6.07, 6.45) is 2.48. The van der Waals surface area contributed by atoms with Gasteiger partial charge in [-0.05, 0) is 31.4 Å². The number of carbonyl (C=O) groups excluding carboxylic acids is 1. The molecule has 1 aromatic rings. The molecule has 0 saturated carbocycles. The van der Waals surface area contributed by atoms with Crippen LogP contribution in [0.3, 0.4) is 0 Å². The highest BCUT2D eigenvalue weighted by Gasteiger charge is 2.16. The lowest BCUT2D eigenvalue weighted by Gasteiger charge is -2.24. The molecule has 0 aromatic heterocycles. The molecule has 0 saturated heterocycles. The van der Waals surface area contributed by atoms with Crippen molar-refractivity contribution in [2.24, 2.45) is 0 Å². The molecule has 0 aliphatic carbocycles. The van der Waals surface area contributed by atoms with Crippen LogP contribution in [0.25, 0.3) is 0 Å². The Morgan fingerprint density at radius 3 is 2.90 bits per heavy atom. The number of aliphatic hydroxyl groups excluding tert-OH is 1. The quantitative estimate of drug-likeness (QED) is 0.846. The van der Waals surface area contributed by atoms with Crippen LogP contribution in [0.4, 0.5) is 0 Å². The van der Waals surface area contributed by atoms with Crippen LogP contribution in [0.15, 0.2) is 24.3 Å². The Hall–Kier alpha value is -1.44. The molecule has 0 radical (unpaired) electrons. The molecule has 1 rings (SSSR count). The number of hydrogen-bond acceptors (Lipinski definition) is 3. The topological polar surface area (TPSA) is 40.5 Å². The molecule has 108 valence electrons. The van der Waals surface area contributed by atoms with E-state index in [4.69, 9.17) is 5.11 Å². The molecule has 20 heavy (non-hydrogen) atoms. The fraction of sp³-hybridized carbons (Fsp3) is 0.438. The minimum Gasteiger partial charge on any atom is -0.395 e. The van der Waals surface area contributed by atoms with Gasteiger partial charge in [-0.1, -0.05) is 17.9 Å². The fourth-order valence-electron chi connectivity index (χ4n) is 1.71. The summed E-state index contributed by atoms with van der Waals surface area (Å²) in [5, 5.41) is 8.71. The average molecular weight is 291 g/mol. The third kappa shape index (κ3) is 4.92. The zero-order valence-corrected chi connectivity index (χ0v) is 13.0. The minimum atomic E-state index is 0.0114. The van der Waals surface area contributed by atoms with Crippen molar-refractivity contribution in [2.45, 2.75) is 19.4 Å². The standard InChI is InChI=1S/C16H21NO2S/c1-13(12-20-3)17(2)16(19)15-9-6-8-14(11-15)7-4-5-10-18/h6,8-9,11,13,18H,5,10,12H2,1-3H3. The van der Waals surface area contributed by atoms with Gasteiger partial charge in [-0.2, -0.15) is 11.8 Å². The first-order valence-corrected chi connectivity index (χ1v) is 7.95. The van der Waals surface area contributed by atoms with Crippen molar-refractivity contribution in [3.8, 4) is 11.8 Å². The maximum atomic E-state index is 12.4. The van der Waals surface area contributed by atoms with E-state index in [9.17, 15) is 4.79 Å². The van der Waals surface area contributed by atoms with Crippen LogP contribution in [-0.4, -0.2) is 47.6 Å². The number of thioether (sulfide) groups is 1.